The van der Waals surface area contributed by atoms with Gasteiger partial charge in [0, 0.05) is 30.9 Å². The van der Waals surface area contributed by atoms with Crippen LogP contribution in [0.1, 0.15) is 37.2 Å². The van der Waals surface area contributed by atoms with E-state index in [-0.39, 0.29) is 0 Å². The Bertz CT molecular complexity index is 541. The molecule has 6 nitrogen and oxygen atoms in total. The fourth-order valence-electron chi connectivity index (χ4n) is 2.64. The van der Waals surface area contributed by atoms with E-state index in [4.69, 9.17) is 4.52 Å². The van der Waals surface area contributed by atoms with Crippen LogP contribution in [0.2, 0.25) is 0 Å². The van der Waals surface area contributed by atoms with Gasteiger partial charge in [-0.1, -0.05) is 12.1 Å². The van der Waals surface area contributed by atoms with Crippen molar-refractivity contribution in [2.24, 2.45) is 0 Å². The first-order chi connectivity index (χ1) is 10.3. The summed E-state index contributed by atoms with van der Waals surface area (Å²) in [5.41, 5.74) is 3.01. The Hall–Kier alpha value is -1.31. The first-order valence-corrected chi connectivity index (χ1v) is 8.42. The third-order valence-electron chi connectivity index (χ3n) is 3.74. The van der Waals surface area contributed by atoms with Crippen LogP contribution in [0.25, 0.3) is 0 Å². The second-order valence-corrected chi connectivity index (χ2v) is 6.11. The Kier molecular flexibility index (Phi) is 4.95. The molecular weight excluding hydrogens is 286 g/mol. The summed E-state index contributed by atoms with van der Waals surface area (Å²) in [6, 6.07) is 0.512. The molecule has 3 rings (SSSR count). The van der Waals surface area contributed by atoms with Crippen LogP contribution >= 0.6 is 11.3 Å². The van der Waals surface area contributed by atoms with Gasteiger partial charge in [0.2, 0.25) is 5.89 Å². The van der Waals surface area contributed by atoms with E-state index in [1.165, 1.54) is 12.8 Å². The van der Waals surface area contributed by atoms with Crippen molar-refractivity contribution in [2.45, 2.75) is 45.3 Å². The molecule has 1 fully saturated rings. The molecule has 3 heterocycles. The molecule has 1 atom stereocenters. The second kappa shape index (κ2) is 7.11. The number of hydrogen-bond acceptors (Lipinski definition) is 7. The first kappa shape index (κ1) is 14.6. The summed E-state index contributed by atoms with van der Waals surface area (Å²) in [7, 11) is 0. The van der Waals surface area contributed by atoms with Gasteiger partial charge >= 0.3 is 0 Å². The molecule has 114 valence electrons. The summed E-state index contributed by atoms with van der Waals surface area (Å²) in [6.07, 6.45) is 3.21. The molecule has 7 heteroatoms. The zero-order valence-corrected chi connectivity index (χ0v) is 13.1. The number of nitrogens with one attached hydrogen (secondary N) is 1. The average Bonchev–Trinajstić information content (AvgIpc) is 3.17. The molecule has 0 amide bonds. The lowest BCUT2D eigenvalue weighted by atomic mass is 10.1. The SMILES string of the molecule is CCc1nc(CN2CCC[C@H](NCc3cscn3)C2)no1. The lowest BCUT2D eigenvalue weighted by molar-refractivity contribution is 0.177. The quantitative estimate of drug-likeness (QED) is 0.878. The number of aryl methyl sites for hydroxylation is 1. The standard InChI is InChI=1S/C14H21N5OS/c1-2-14-17-13(18-20-14)8-19-5-3-4-11(7-19)15-6-12-9-21-10-16-12/h9-11,15H,2-8H2,1H3/t11-/m0/s1. The zero-order chi connectivity index (χ0) is 14.5. The molecule has 21 heavy (non-hydrogen) atoms. The highest BCUT2D eigenvalue weighted by molar-refractivity contribution is 7.07. The molecular formula is C14H21N5OS. The van der Waals surface area contributed by atoms with Gasteiger partial charge in [-0.25, -0.2) is 4.98 Å². The van der Waals surface area contributed by atoms with Gasteiger partial charge in [-0.2, -0.15) is 4.98 Å². The average molecular weight is 307 g/mol. The highest BCUT2D eigenvalue weighted by Crippen LogP contribution is 2.13. The van der Waals surface area contributed by atoms with Crippen LogP contribution in [0.3, 0.4) is 0 Å². The van der Waals surface area contributed by atoms with Crippen molar-refractivity contribution in [3.05, 3.63) is 28.3 Å². The normalized spacial score (nSPS) is 20.0. The van der Waals surface area contributed by atoms with Crippen molar-refractivity contribution in [1.29, 1.82) is 0 Å². The Balaban J connectivity index is 1.48. The molecule has 0 saturated carbocycles. The maximum absolute atomic E-state index is 5.17. The predicted molar refractivity (Wildman–Crippen MR) is 80.9 cm³/mol. The predicted octanol–water partition coefficient (Wildman–Crippen LogP) is 1.84. The van der Waals surface area contributed by atoms with E-state index in [0.29, 0.717) is 6.04 Å². The molecule has 0 aromatic carbocycles. The van der Waals surface area contributed by atoms with Crippen LogP contribution in [0.4, 0.5) is 0 Å². The lowest BCUT2D eigenvalue weighted by Crippen LogP contribution is -2.45. The van der Waals surface area contributed by atoms with Crippen molar-refractivity contribution in [1.82, 2.24) is 25.3 Å². The maximum Gasteiger partial charge on any atom is 0.226 e. The summed E-state index contributed by atoms with van der Waals surface area (Å²) < 4.78 is 5.17. The fourth-order valence-corrected chi connectivity index (χ4v) is 3.20. The van der Waals surface area contributed by atoms with E-state index < -0.39 is 0 Å². The molecule has 0 unspecified atom stereocenters. The van der Waals surface area contributed by atoms with Crippen LogP contribution in [-0.2, 0) is 19.5 Å². The summed E-state index contributed by atoms with van der Waals surface area (Å²) in [4.78, 5) is 11.1. The maximum atomic E-state index is 5.17. The number of thiazole rings is 1. The molecule has 1 N–H and O–H groups in total. The molecule has 2 aromatic rings. The largest absolute Gasteiger partial charge is 0.339 e. The van der Waals surface area contributed by atoms with Gasteiger partial charge in [-0.3, -0.25) is 4.90 Å². The molecule has 0 bridgehead atoms. The van der Waals surface area contributed by atoms with E-state index >= 15 is 0 Å². The van der Waals surface area contributed by atoms with E-state index in [2.05, 4.69) is 30.7 Å². The van der Waals surface area contributed by atoms with E-state index in [0.717, 1.165) is 50.0 Å². The Labute approximate surface area is 128 Å². The van der Waals surface area contributed by atoms with Gasteiger partial charge < -0.3 is 9.84 Å². The minimum absolute atomic E-state index is 0.512. The van der Waals surface area contributed by atoms with Crippen molar-refractivity contribution in [2.75, 3.05) is 13.1 Å². The first-order valence-electron chi connectivity index (χ1n) is 7.47. The minimum atomic E-state index is 0.512. The monoisotopic (exact) mass is 307 g/mol. The van der Waals surface area contributed by atoms with Gasteiger partial charge in [0.1, 0.15) is 0 Å². The Morgan fingerprint density at radius 2 is 2.48 bits per heavy atom. The zero-order valence-electron chi connectivity index (χ0n) is 12.3. The Morgan fingerprint density at radius 1 is 1.52 bits per heavy atom. The van der Waals surface area contributed by atoms with Crippen molar-refractivity contribution >= 4 is 11.3 Å². The number of nitrogens with zero attached hydrogens (tertiary/aromatic N) is 4. The minimum Gasteiger partial charge on any atom is -0.339 e. The third kappa shape index (κ3) is 4.09. The highest BCUT2D eigenvalue weighted by Gasteiger charge is 2.21. The van der Waals surface area contributed by atoms with Gasteiger partial charge in [0.05, 0.1) is 17.7 Å². The smallest absolute Gasteiger partial charge is 0.226 e. The van der Waals surface area contributed by atoms with Gasteiger partial charge in [0.25, 0.3) is 0 Å². The molecule has 1 aliphatic heterocycles. The summed E-state index contributed by atoms with van der Waals surface area (Å²) in [6.45, 7) is 5.78. The second-order valence-electron chi connectivity index (χ2n) is 5.39. The van der Waals surface area contributed by atoms with E-state index in [1.807, 2.05) is 12.4 Å². The van der Waals surface area contributed by atoms with Gasteiger partial charge in [-0.15, -0.1) is 11.3 Å². The van der Waals surface area contributed by atoms with Crippen molar-refractivity contribution in [3.8, 4) is 0 Å². The molecule has 2 aromatic heterocycles. The van der Waals surface area contributed by atoms with E-state index in [1.54, 1.807) is 11.3 Å². The van der Waals surface area contributed by atoms with E-state index in [9.17, 15) is 0 Å². The number of hydrogen-bond donors (Lipinski definition) is 1. The van der Waals surface area contributed by atoms with Crippen molar-refractivity contribution < 1.29 is 4.52 Å². The third-order valence-corrected chi connectivity index (χ3v) is 4.37. The Morgan fingerprint density at radius 3 is 3.24 bits per heavy atom. The number of likely N-dealkylation sites (tertiary alicyclic amines) is 1. The number of rotatable bonds is 6. The molecule has 0 radical (unpaired) electrons. The number of piperidine rings is 1. The van der Waals surface area contributed by atoms with Crippen LogP contribution in [0, 0.1) is 0 Å². The van der Waals surface area contributed by atoms with Gasteiger partial charge in [-0.05, 0) is 19.4 Å². The van der Waals surface area contributed by atoms with Crippen LogP contribution < -0.4 is 5.32 Å². The van der Waals surface area contributed by atoms with Crippen molar-refractivity contribution in [3.63, 3.8) is 0 Å². The fraction of sp³-hybridized carbons (Fsp3) is 0.643. The molecule has 0 spiro atoms. The molecule has 0 aliphatic carbocycles. The van der Waals surface area contributed by atoms with Crippen LogP contribution in [0.5, 0.6) is 0 Å². The molecule has 1 saturated heterocycles. The van der Waals surface area contributed by atoms with Crippen LogP contribution in [-0.4, -0.2) is 39.2 Å². The summed E-state index contributed by atoms with van der Waals surface area (Å²) in [5.74, 6) is 1.52. The number of aromatic nitrogens is 3. The van der Waals surface area contributed by atoms with Gasteiger partial charge in [0.15, 0.2) is 5.82 Å². The summed E-state index contributed by atoms with van der Waals surface area (Å²) >= 11 is 1.64. The summed E-state index contributed by atoms with van der Waals surface area (Å²) in [5, 5.41) is 9.73. The molecule has 1 aliphatic rings. The lowest BCUT2D eigenvalue weighted by Gasteiger charge is -2.32. The topological polar surface area (TPSA) is 67.1 Å². The highest BCUT2D eigenvalue weighted by atomic mass is 32.1. The van der Waals surface area contributed by atoms with Crippen LogP contribution in [0.15, 0.2) is 15.4 Å².